The van der Waals surface area contributed by atoms with Crippen LogP contribution in [0.3, 0.4) is 0 Å². The highest BCUT2D eigenvalue weighted by molar-refractivity contribution is 7.98. The standard InChI is InChI=1S/C28H31N3OS/c1-6-32-25-17-15-24(16-18-25)31-26(22-11-7-20(2)8-12-22)29-30-27(31)33-19-21-9-13-23(14-10-21)28(3,4)5/h7-18H,6,19H2,1-5H3. The fraction of sp³-hybridized carbons (Fsp3) is 0.286. The third-order valence-electron chi connectivity index (χ3n) is 5.54. The molecule has 1 aromatic heterocycles. The van der Waals surface area contributed by atoms with Crippen LogP contribution in [0, 0.1) is 6.92 Å². The Labute approximate surface area is 201 Å². The number of ether oxygens (including phenoxy) is 1. The molecule has 170 valence electrons. The molecule has 0 N–H and O–H groups in total. The Balaban J connectivity index is 1.65. The molecule has 0 unspecified atom stereocenters. The van der Waals surface area contributed by atoms with Crippen molar-refractivity contribution >= 4 is 11.8 Å². The van der Waals surface area contributed by atoms with Gasteiger partial charge in [-0.15, -0.1) is 10.2 Å². The molecule has 4 nitrogen and oxygen atoms in total. The van der Waals surface area contributed by atoms with Crippen LogP contribution in [0.4, 0.5) is 0 Å². The highest BCUT2D eigenvalue weighted by Crippen LogP contribution is 2.31. The maximum atomic E-state index is 5.63. The van der Waals surface area contributed by atoms with E-state index in [1.54, 1.807) is 11.8 Å². The van der Waals surface area contributed by atoms with E-state index >= 15 is 0 Å². The molecule has 0 atom stereocenters. The van der Waals surface area contributed by atoms with E-state index in [4.69, 9.17) is 4.74 Å². The van der Waals surface area contributed by atoms with E-state index in [9.17, 15) is 0 Å². The zero-order valence-electron chi connectivity index (χ0n) is 20.0. The van der Waals surface area contributed by atoms with Gasteiger partial charge in [-0.1, -0.05) is 86.6 Å². The molecule has 0 spiro atoms. The predicted molar refractivity (Wildman–Crippen MR) is 137 cm³/mol. The van der Waals surface area contributed by atoms with Gasteiger partial charge in [-0.25, -0.2) is 0 Å². The van der Waals surface area contributed by atoms with Crippen LogP contribution in [-0.4, -0.2) is 21.4 Å². The Bertz CT molecular complexity index is 1190. The van der Waals surface area contributed by atoms with E-state index in [0.29, 0.717) is 6.61 Å². The van der Waals surface area contributed by atoms with Gasteiger partial charge < -0.3 is 4.74 Å². The van der Waals surface area contributed by atoms with E-state index in [1.807, 2.05) is 19.1 Å². The van der Waals surface area contributed by atoms with Crippen LogP contribution in [0.5, 0.6) is 5.75 Å². The second-order valence-electron chi connectivity index (χ2n) is 9.17. The molecule has 0 saturated carbocycles. The molecule has 3 aromatic carbocycles. The minimum Gasteiger partial charge on any atom is -0.494 e. The van der Waals surface area contributed by atoms with E-state index in [-0.39, 0.29) is 5.41 Å². The van der Waals surface area contributed by atoms with E-state index in [0.717, 1.165) is 33.7 Å². The molecule has 0 aliphatic heterocycles. The zero-order chi connectivity index (χ0) is 23.4. The van der Waals surface area contributed by atoms with Gasteiger partial charge in [0.25, 0.3) is 0 Å². The van der Waals surface area contributed by atoms with Crippen molar-refractivity contribution in [2.75, 3.05) is 6.61 Å². The first-order valence-corrected chi connectivity index (χ1v) is 12.3. The minimum atomic E-state index is 0.155. The maximum absolute atomic E-state index is 5.63. The fourth-order valence-electron chi connectivity index (χ4n) is 3.59. The molecule has 0 aliphatic rings. The zero-order valence-corrected chi connectivity index (χ0v) is 20.8. The van der Waals surface area contributed by atoms with Crippen molar-refractivity contribution < 1.29 is 4.74 Å². The summed E-state index contributed by atoms with van der Waals surface area (Å²) in [7, 11) is 0. The molecule has 0 fully saturated rings. The number of aromatic nitrogens is 3. The van der Waals surface area contributed by atoms with E-state index in [2.05, 4.69) is 103 Å². The van der Waals surface area contributed by atoms with Gasteiger partial charge in [0.05, 0.1) is 6.61 Å². The lowest BCUT2D eigenvalue weighted by atomic mass is 9.87. The van der Waals surface area contributed by atoms with Crippen molar-refractivity contribution in [1.29, 1.82) is 0 Å². The molecule has 0 radical (unpaired) electrons. The molecule has 0 bridgehead atoms. The normalized spacial score (nSPS) is 11.5. The Morgan fingerprint density at radius 3 is 2.12 bits per heavy atom. The number of thioether (sulfide) groups is 1. The summed E-state index contributed by atoms with van der Waals surface area (Å²) in [6, 6.07) is 25.4. The average Bonchev–Trinajstić information content (AvgIpc) is 3.22. The molecule has 4 rings (SSSR count). The van der Waals surface area contributed by atoms with Crippen LogP contribution in [0.1, 0.15) is 44.4 Å². The first-order chi connectivity index (χ1) is 15.8. The summed E-state index contributed by atoms with van der Waals surface area (Å²) in [5.74, 6) is 2.53. The van der Waals surface area contributed by atoms with Gasteiger partial charge in [0.2, 0.25) is 0 Å². The molecule has 4 aromatic rings. The van der Waals surface area contributed by atoms with Gasteiger partial charge in [-0.05, 0) is 54.7 Å². The van der Waals surface area contributed by atoms with Gasteiger partial charge >= 0.3 is 0 Å². The fourth-order valence-corrected chi connectivity index (χ4v) is 4.50. The smallest absolute Gasteiger partial charge is 0.196 e. The number of nitrogens with zero attached hydrogens (tertiary/aromatic N) is 3. The van der Waals surface area contributed by atoms with Crippen molar-refractivity contribution in [3.05, 3.63) is 89.5 Å². The third-order valence-corrected chi connectivity index (χ3v) is 6.54. The van der Waals surface area contributed by atoms with E-state index < -0.39 is 0 Å². The first-order valence-electron chi connectivity index (χ1n) is 11.3. The Kier molecular flexibility index (Phi) is 6.89. The Hall–Kier alpha value is -3.05. The molecule has 33 heavy (non-hydrogen) atoms. The van der Waals surface area contributed by atoms with Crippen LogP contribution in [0.2, 0.25) is 0 Å². The topological polar surface area (TPSA) is 39.9 Å². The highest BCUT2D eigenvalue weighted by Gasteiger charge is 2.17. The lowest BCUT2D eigenvalue weighted by Gasteiger charge is -2.19. The summed E-state index contributed by atoms with van der Waals surface area (Å²) in [5.41, 5.74) is 6.05. The third kappa shape index (κ3) is 5.48. The molecule has 0 saturated heterocycles. The molecular weight excluding hydrogens is 426 g/mol. The molecule has 1 heterocycles. The van der Waals surface area contributed by atoms with Gasteiger partial charge in [0.1, 0.15) is 5.75 Å². The van der Waals surface area contributed by atoms with Gasteiger partial charge in [-0.2, -0.15) is 0 Å². The number of hydrogen-bond donors (Lipinski definition) is 0. The van der Waals surface area contributed by atoms with Crippen LogP contribution in [0.25, 0.3) is 17.1 Å². The van der Waals surface area contributed by atoms with Crippen molar-refractivity contribution in [2.45, 2.75) is 50.9 Å². The summed E-state index contributed by atoms with van der Waals surface area (Å²) < 4.78 is 7.76. The largest absolute Gasteiger partial charge is 0.494 e. The van der Waals surface area contributed by atoms with Crippen LogP contribution in [-0.2, 0) is 11.2 Å². The maximum Gasteiger partial charge on any atom is 0.196 e. The van der Waals surface area contributed by atoms with Crippen LogP contribution in [0.15, 0.2) is 78.0 Å². The second kappa shape index (κ2) is 9.84. The van der Waals surface area contributed by atoms with Gasteiger partial charge in [-0.3, -0.25) is 4.57 Å². The molecule has 0 aliphatic carbocycles. The Morgan fingerprint density at radius 1 is 0.848 bits per heavy atom. The number of rotatable bonds is 7. The van der Waals surface area contributed by atoms with Crippen molar-refractivity contribution in [1.82, 2.24) is 14.8 Å². The minimum absolute atomic E-state index is 0.155. The number of benzene rings is 3. The second-order valence-corrected chi connectivity index (χ2v) is 10.1. The summed E-state index contributed by atoms with van der Waals surface area (Å²) in [6.07, 6.45) is 0. The monoisotopic (exact) mass is 457 g/mol. The molecular formula is C28H31N3OS. The predicted octanol–water partition coefficient (Wildman–Crippen LogP) is 7.23. The lowest BCUT2D eigenvalue weighted by Crippen LogP contribution is -2.10. The van der Waals surface area contributed by atoms with Crippen LogP contribution >= 0.6 is 11.8 Å². The summed E-state index contributed by atoms with van der Waals surface area (Å²) in [6.45, 7) is 11.4. The lowest BCUT2D eigenvalue weighted by molar-refractivity contribution is 0.340. The number of aryl methyl sites for hydroxylation is 1. The SMILES string of the molecule is CCOc1ccc(-n2c(SCc3ccc(C(C)(C)C)cc3)nnc2-c2ccc(C)cc2)cc1. The van der Waals surface area contributed by atoms with E-state index in [1.165, 1.54) is 16.7 Å². The molecule has 5 heteroatoms. The first kappa shape index (κ1) is 23.1. The average molecular weight is 458 g/mol. The highest BCUT2D eigenvalue weighted by atomic mass is 32.2. The Morgan fingerprint density at radius 2 is 1.52 bits per heavy atom. The summed E-state index contributed by atoms with van der Waals surface area (Å²) >= 11 is 1.70. The quantitative estimate of drug-likeness (QED) is 0.274. The van der Waals surface area contributed by atoms with Gasteiger partial charge in [0, 0.05) is 17.0 Å². The van der Waals surface area contributed by atoms with Crippen molar-refractivity contribution in [3.8, 4) is 22.8 Å². The summed E-state index contributed by atoms with van der Waals surface area (Å²) in [5, 5.41) is 10.0. The van der Waals surface area contributed by atoms with Gasteiger partial charge in [0.15, 0.2) is 11.0 Å². The summed E-state index contributed by atoms with van der Waals surface area (Å²) in [4.78, 5) is 0. The molecule has 0 amide bonds. The number of hydrogen-bond acceptors (Lipinski definition) is 4. The van der Waals surface area contributed by atoms with Crippen molar-refractivity contribution in [3.63, 3.8) is 0 Å². The van der Waals surface area contributed by atoms with Crippen LogP contribution < -0.4 is 4.74 Å². The van der Waals surface area contributed by atoms with Crippen molar-refractivity contribution in [2.24, 2.45) is 0 Å².